The van der Waals surface area contributed by atoms with Crippen LogP contribution in [0, 0.1) is 6.92 Å². The molecule has 4 heterocycles. The molecule has 2 fully saturated rings. The summed E-state index contributed by atoms with van der Waals surface area (Å²) < 4.78 is 5.49. The summed E-state index contributed by atoms with van der Waals surface area (Å²) in [6.45, 7) is 8.01. The third kappa shape index (κ3) is 4.81. The fourth-order valence-corrected chi connectivity index (χ4v) is 3.70. The highest BCUT2D eigenvalue weighted by Gasteiger charge is 2.21. The normalized spacial score (nSPS) is 17.5. The summed E-state index contributed by atoms with van der Waals surface area (Å²) in [5, 5.41) is 2.61. The lowest BCUT2D eigenvalue weighted by atomic mass is 10.2. The zero-order valence-corrected chi connectivity index (χ0v) is 17.6. The molecular formula is C20H28N8O2. The molecule has 2 aliphatic heterocycles. The van der Waals surface area contributed by atoms with E-state index >= 15 is 0 Å². The molecule has 2 aromatic rings. The number of anilines is 3. The fourth-order valence-electron chi connectivity index (χ4n) is 3.70. The van der Waals surface area contributed by atoms with Crippen molar-refractivity contribution in [3.05, 3.63) is 11.9 Å². The number of nitrogens with zero attached hydrogens (tertiary/aromatic N) is 7. The minimum absolute atomic E-state index is 0.208. The number of amides is 1. The molecule has 1 N–H and O–H groups in total. The van der Waals surface area contributed by atoms with Crippen LogP contribution in [-0.4, -0.2) is 70.2 Å². The molecule has 30 heavy (non-hydrogen) atoms. The van der Waals surface area contributed by atoms with Crippen molar-refractivity contribution in [2.24, 2.45) is 0 Å². The van der Waals surface area contributed by atoms with E-state index in [1.807, 2.05) is 6.92 Å². The Morgan fingerprint density at radius 1 is 0.933 bits per heavy atom. The molecule has 4 rings (SSSR count). The van der Waals surface area contributed by atoms with Gasteiger partial charge in [-0.15, -0.1) is 0 Å². The molecule has 2 aromatic heterocycles. The Morgan fingerprint density at radius 2 is 1.57 bits per heavy atom. The van der Waals surface area contributed by atoms with Crippen LogP contribution in [0.2, 0.25) is 0 Å². The van der Waals surface area contributed by atoms with Crippen LogP contribution in [-0.2, 0) is 9.53 Å². The largest absolute Gasteiger partial charge is 0.378 e. The van der Waals surface area contributed by atoms with E-state index in [1.54, 1.807) is 6.20 Å². The number of carbonyl (C=O) groups excluding carboxylic acids is 1. The van der Waals surface area contributed by atoms with Crippen LogP contribution < -0.4 is 15.1 Å². The lowest BCUT2D eigenvalue weighted by Crippen LogP contribution is -2.38. The van der Waals surface area contributed by atoms with E-state index in [1.165, 1.54) is 19.8 Å². The molecule has 0 bridgehead atoms. The maximum atomic E-state index is 11.3. The van der Waals surface area contributed by atoms with Crippen molar-refractivity contribution in [1.29, 1.82) is 0 Å². The predicted octanol–water partition coefficient (Wildman–Crippen LogP) is 1.81. The van der Waals surface area contributed by atoms with Gasteiger partial charge in [0.25, 0.3) is 0 Å². The summed E-state index contributed by atoms with van der Waals surface area (Å²) >= 11 is 0. The molecule has 160 valence electrons. The first kappa shape index (κ1) is 20.4. The molecule has 0 spiro atoms. The quantitative estimate of drug-likeness (QED) is 0.804. The van der Waals surface area contributed by atoms with E-state index in [4.69, 9.17) is 19.7 Å². The van der Waals surface area contributed by atoms with Crippen molar-refractivity contribution in [3.8, 4) is 11.4 Å². The van der Waals surface area contributed by atoms with E-state index in [-0.39, 0.29) is 11.9 Å². The van der Waals surface area contributed by atoms with Crippen LogP contribution in [0.1, 0.15) is 38.3 Å². The Hall–Kier alpha value is -2.88. The monoisotopic (exact) mass is 412 g/mol. The topological polar surface area (TPSA) is 109 Å². The van der Waals surface area contributed by atoms with Crippen molar-refractivity contribution >= 4 is 23.8 Å². The first-order valence-electron chi connectivity index (χ1n) is 10.6. The molecule has 0 unspecified atom stereocenters. The Morgan fingerprint density at radius 3 is 2.17 bits per heavy atom. The zero-order chi connectivity index (χ0) is 20.9. The molecule has 0 aromatic carbocycles. The number of hydrogen-bond acceptors (Lipinski definition) is 9. The third-order valence-electron chi connectivity index (χ3n) is 5.30. The number of ether oxygens (including phenoxy) is 1. The average Bonchev–Trinajstić information content (AvgIpc) is 3.03. The number of morpholine rings is 1. The van der Waals surface area contributed by atoms with E-state index in [2.05, 4.69) is 25.1 Å². The van der Waals surface area contributed by atoms with Gasteiger partial charge in [0.15, 0.2) is 5.82 Å². The maximum absolute atomic E-state index is 11.3. The fraction of sp³-hybridized carbons (Fsp3) is 0.600. The summed E-state index contributed by atoms with van der Waals surface area (Å²) in [5.74, 6) is 1.98. The summed E-state index contributed by atoms with van der Waals surface area (Å²) in [5.41, 5.74) is 1.44. The number of nitrogens with one attached hydrogen (secondary N) is 1. The highest BCUT2D eigenvalue weighted by atomic mass is 16.5. The second-order valence-electron chi connectivity index (χ2n) is 7.63. The third-order valence-corrected chi connectivity index (χ3v) is 5.30. The molecular weight excluding hydrogens is 384 g/mol. The van der Waals surface area contributed by atoms with E-state index in [0.717, 1.165) is 44.6 Å². The Labute approximate surface area is 176 Å². The van der Waals surface area contributed by atoms with Gasteiger partial charge in [0.05, 0.1) is 24.5 Å². The van der Waals surface area contributed by atoms with Crippen LogP contribution in [0.3, 0.4) is 0 Å². The SMILES string of the molecule is CC(=O)Nc1ncc(-c2nc(N3CCCCCC3)nc(N3CCOCC3)n2)c(C)n1. The van der Waals surface area contributed by atoms with E-state index < -0.39 is 0 Å². The van der Waals surface area contributed by atoms with Crippen molar-refractivity contribution in [2.75, 3.05) is 54.5 Å². The molecule has 2 aliphatic rings. The van der Waals surface area contributed by atoms with Crippen LogP contribution in [0.25, 0.3) is 11.4 Å². The molecule has 0 saturated carbocycles. The maximum Gasteiger partial charge on any atom is 0.230 e. The average molecular weight is 412 g/mol. The van der Waals surface area contributed by atoms with Crippen molar-refractivity contribution in [3.63, 3.8) is 0 Å². The molecule has 0 aliphatic carbocycles. The number of carbonyl (C=O) groups is 1. The second-order valence-corrected chi connectivity index (χ2v) is 7.63. The van der Waals surface area contributed by atoms with Gasteiger partial charge in [0.1, 0.15) is 0 Å². The van der Waals surface area contributed by atoms with Crippen molar-refractivity contribution in [2.45, 2.75) is 39.5 Å². The number of rotatable bonds is 4. The first-order valence-corrected chi connectivity index (χ1v) is 10.6. The highest BCUT2D eigenvalue weighted by molar-refractivity contribution is 5.86. The van der Waals surface area contributed by atoms with E-state index in [0.29, 0.717) is 36.6 Å². The van der Waals surface area contributed by atoms with Gasteiger partial charge in [-0.3, -0.25) is 10.1 Å². The summed E-state index contributed by atoms with van der Waals surface area (Å²) in [7, 11) is 0. The van der Waals surface area contributed by atoms with Gasteiger partial charge < -0.3 is 14.5 Å². The van der Waals surface area contributed by atoms with Gasteiger partial charge in [-0.05, 0) is 19.8 Å². The highest BCUT2D eigenvalue weighted by Crippen LogP contribution is 2.25. The van der Waals surface area contributed by atoms with Crippen molar-refractivity contribution in [1.82, 2.24) is 24.9 Å². The molecule has 1 amide bonds. The standard InChI is InChI=1S/C20H28N8O2/c1-14-16(13-21-18(22-14)23-15(2)29)17-24-19(27-7-5-3-4-6-8-27)26-20(25-17)28-9-11-30-12-10-28/h13H,3-12H2,1-2H3,(H,21,22,23,29). The van der Waals surface area contributed by atoms with Gasteiger partial charge in [-0.2, -0.15) is 15.0 Å². The Bertz CT molecular complexity index is 892. The Balaban J connectivity index is 1.72. The smallest absolute Gasteiger partial charge is 0.230 e. The lowest BCUT2D eigenvalue weighted by Gasteiger charge is -2.28. The van der Waals surface area contributed by atoms with Gasteiger partial charge in [-0.25, -0.2) is 9.97 Å². The zero-order valence-electron chi connectivity index (χ0n) is 17.6. The van der Waals surface area contributed by atoms with Gasteiger partial charge >= 0.3 is 0 Å². The van der Waals surface area contributed by atoms with Gasteiger partial charge in [0, 0.05) is 39.3 Å². The summed E-state index contributed by atoms with van der Waals surface area (Å²) in [6.07, 6.45) is 6.42. The molecule has 2 saturated heterocycles. The molecule has 0 atom stereocenters. The Kier molecular flexibility index (Phi) is 6.32. The van der Waals surface area contributed by atoms with Crippen LogP contribution in [0.4, 0.5) is 17.8 Å². The van der Waals surface area contributed by atoms with Crippen LogP contribution >= 0.6 is 0 Å². The number of aryl methyl sites for hydroxylation is 1. The summed E-state index contributed by atoms with van der Waals surface area (Å²) in [4.78, 5) is 38.7. The second kappa shape index (κ2) is 9.29. The molecule has 10 nitrogen and oxygen atoms in total. The van der Waals surface area contributed by atoms with Gasteiger partial charge in [0.2, 0.25) is 23.8 Å². The number of aromatic nitrogens is 5. The van der Waals surface area contributed by atoms with Crippen molar-refractivity contribution < 1.29 is 9.53 Å². The van der Waals surface area contributed by atoms with E-state index in [9.17, 15) is 4.79 Å². The first-order chi connectivity index (χ1) is 14.6. The molecule has 10 heteroatoms. The minimum atomic E-state index is -0.208. The lowest BCUT2D eigenvalue weighted by molar-refractivity contribution is -0.114. The molecule has 0 radical (unpaired) electrons. The predicted molar refractivity (Wildman–Crippen MR) is 114 cm³/mol. The number of hydrogen-bond donors (Lipinski definition) is 1. The van der Waals surface area contributed by atoms with Crippen LogP contribution in [0.5, 0.6) is 0 Å². The minimum Gasteiger partial charge on any atom is -0.378 e. The summed E-state index contributed by atoms with van der Waals surface area (Å²) in [6, 6.07) is 0. The van der Waals surface area contributed by atoms with Crippen LogP contribution in [0.15, 0.2) is 6.20 Å². The van der Waals surface area contributed by atoms with Gasteiger partial charge in [-0.1, -0.05) is 12.8 Å².